The summed E-state index contributed by atoms with van der Waals surface area (Å²) < 4.78 is 0. The number of nitrogens with zero attached hydrogens (tertiary/aromatic N) is 1. The van der Waals surface area contributed by atoms with Crippen LogP contribution in [0.2, 0.25) is 0 Å². The Bertz CT molecular complexity index is 1010. The smallest absolute Gasteiger partial charge is 0.247 e. The minimum Gasteiger partial charge on any atom is -0.289 e. The van der Waals surface area contributed by atoms with E-state index in [0.29, 0.717) is 16.3 Å². The number of benzene rings is 3. The molecule has 0 bridgehead atoms. The van der Waals surface area contributed by atoms with E-state index in [4.69, 9.17) is 0 Å². The number of hydroxylamine groups is 1. The van der Waals surface area contributed by atoms with Crippen LogP contribution >= 0.6 is 0 Å². The van der Waals surface area contributed by atoms with Crippen molar-refractivity contribution in [3.8, 4) is 0 Å². The van der Waals surface area contributed by atoms with E-state index in [-0.39, 0.29) is 5.78 Å². The van der Waals surface area contributed by atoms with Crippen molar-refractivity contribution in [2.75, 3.05) is 5.06 Å². The first-order chi connectivity index (χ1) is 11.6. The van der Waals surface area contributed by atoms with Gasteiger partial charge in [-0.25, -0.2) is 0 Å². The van der Waals surface area contributed by atoms with Crippen LogP contribution in [0.1, 0.15) is 34.0 Å². The number of hydrogen-bond acceptors (Lipinski definition) is 3. The average molecular weight is 317 g/mol. The van der Waals surface area contributed by atoms with Gasteiger partial charge in [-0.1, -0.05) is 42.5 Å². The predicted molar refractivity (Wildman–Crippen MR) is 91.6 cm³/mol. The highest BCUT2D eigenvalue weighted by molar-refractivity contribution is 6.19. The van der Waals surface area contributed by atoms with Crippen molar-refractivity contribution in [1.82, 2.24) is 0 Å². The number of amides is 1. The van der Waals surface area contributed by atoms with E-state index < -0.39 is 5.91 Å². The van der Waals surface area contributed by atoms with Crippen molar-refractivity contribution in [2.45, 2.75) is 13.3 Å². The molecular formula is C20H15NO3. The van der Waals surface area contributed by atoms with Crippen LogP contribution in [0.4, 0.5) is 5.69 Å². The molecule has 0 radical (unpaired) electrons. The molecule has 4 rings (SSSR count). The SMILES string of the molecule is CC(=O)N(O)c1ccc2c3c(ccc2c1)Cc1ccccc1C3=O. The van der Waals surface area contributed by atoms with Gasteiger partial charge in [0.25, 0.3) is 0 Å². The summed E-state index contributed by atoms with van der Waals surface area (Å²) in [5, 5.41) is 12.1. The van der Waals surface area contributed by atoms with Crippen LogP contribution < -0.4 is 5.06 Å². The Morgan fingerprint density at radius 3 is 2.62 bits per heavy atom. The predicted octanol–water partition coefficient (Wildman–Crippen LogP) is 3.72. The molecule has 0 heterocycles. The third-order valence-electron chi connectivity index (χ3n) is 4.50. The van der Waals surface area contributed by atoms with Gasteiger partial charge in [-0.3, -0.25) is 14.8 Å². The molecule has 4 nitrogen and oxygen atoms in total. The van der Waals surface area contributed by atoms with Crippen LogP contribution in [-0.2, 0) is 11.2 Å². The van der Waals surface area contributed by atoms with E-state index in [9.17, 15) is 14.8 Å². The van der Waals surface area contributed by atoms with Gasteiger partial charge in [0.1, 0.15) is 0 Å². The molecule has 118 valence electrons. The Balaban J connectivity index is 1.90. The topological polar surface area (TPSA) is 57.6 Å². The van der Waals surface area contributed by atoms with Gasteiger partial charge in [0.2, 0.25) is 5.91 Å². The molecule has 0 atom stereocenters. The Kier molecular flexibility index (Phi) is 3.22. The summed E-state index contributed by atoms with van der Waals surface area (Å²) in [6.45, 7) is 1.29. The van der Waals surface area contributed by atoms with Gasteiger partial charge < -0.3 is 0 Å². The number of hydrogen-bond donors (Lipinski definition) is 1. The highest BCUT2D eigenvalue weighted by Crippen LogP contribution is 2.33. The molecule has 0 spiro atoms. The lowest BCUT2D eigenvalue weighted by Gasteiger charge is -2.21. The van der Waals surface area contributed by atoms with Crippen molar-refractivity contribution >= 4 is 28.2 Å². The van der Waals surface area contributed by atoms with Gasteiger partial charge in [-0.15, -0.1) is 0 Å². The first-order valence-corrected chi connectivity index (χ1v) is 7.74. The molecule has 0 aromatic heterocycles. The minimum absolute atomic E-state index is 0.0256. The third-order valence-corrected chi connectivity index (χ3v) is 4.50. The van der Waals surface area contributed by atoms with Crippen molar-refractivity contribution < 1.29 is 14.8 Å². The lowest BCUT2D eigenvalue weighted by Crippen LogP contribution is -2.23. The van der Waals surface area contributed by atoms with Crippen molar-refractivity contribution in [3.63, 3.8) is 0 Å². The normalized spacial score (nSPS) is 12.7. The van der Waals surface area contributed by atoms with Gasteiger partial charge in [-0.2, -0.15) is 5.06 Å². The number of rotatable bonds is 1. The van der Waals surface area contributed by atoms with Crippen LogP contribution in [0.25, 0.3) is 10.8 Å². The van der Waals surface area contributed by atoms with E-state index >= 15 is 0 Å². The fourth-order valence-corrected chi connectivity index (χ4v) is 3.33. The first-order valence-electron chi connectivity index (χ1n) is 7.74. The Hall–Kier alpha value is -2.98. The highest BCUT2D eigenvalue weighted by Gasteiger charge is 2.25. The summed E-state index contributed by atoms with van der Waals surface area (Å²) in [6.07, 6.45) is 0.731. The van der Waals surface area contributed by atoms with E-state index in [0.717, 1.165) is 33.9 Å². The fraction of sp³-hybridized carbons (Fsp3) is 0.100. The second kappa shape index (κ2) is 5.28. The maximum atomic E-state index is 12.9. The van der Waals surface area contributed by atoms with Gasteiger partial charge in [-0.05, 0) is 40.5 Å². The van der Waals surface area contributed by atoms with Crippen molar-refractivity contribution in [1.29, 1.82) is 0 Å². The van der Waals surface area contributed by atoms with Gasteiger partial charge in [0.05, 0.1) is 5.69 Å². The summed E-state index contributed by atoms with van der Waals surface area (Å²) in [4.78, 5) is 24.3. The monoisotopic (exact) mass is 317 g/mol. The van der Waals surface area contributed by atoms with E-state index in [1.807, 2.05) is 36.4 Å². The lowest BCUT2D eigenvalue weighted by molar-refractivity contribution is -0.121. The molecule has 0 unspecified atom stereocenters. The zero-order chi connectivity index (χ0) is 16.8. The van der Waals surface area contributed by atoms with Gasteiger partial charge >= 0.3 is 0 Å². The van der Waals surface area contributed by atoms with E-state index in [1.165, 1.54) is 6.92 Å². The van der Waals surface area contributed by atoms with Crippen molar-refractivity contribution in [3.05, 3.63) is 76.9 Å². The molecule has 0 aliphatic heterocycles. The average Bonchev–Trinajstić information content (AvgIpc) is 2.60. The number of anilines is 1. The lowest BCUT2D eigenvalue weighted by atomic mass is 9.82. The van der Waals surface area contributed by atoms with Crippen LogP contribution in [0.15, 0.2) is 54.6 Å². The molecule has 1 aliphatic carbocycles. The van der Waals surface area contributed by atoms with E-state index in [2.05, 4.69) is 0 Å². The molecule has 0 saturated heterocycles. The Morgan fingerprint density at radius 2 is 1.83 bits per heavy atom. The fourth-order valence-electron chi connectivity index (χ4n) is 3.33. The van der Waals surface area contributed by atoms with Crippen molar-refractivity contribution in [2.24, 2.45) is 0 Å². The molecule has 1 N–H and O–H groups in total. The zero-order valence-corrected chi connectivity index (χ0v) is 13.1. The molecule has 1 amide bonds. The number of fused-ring (bicyclic) bond motifs is 4. The maximum absolute atomic E-state index is 12.9. The summed E-state index contributed by atoms with van der Waals surface area (Å²) >= 11 is 0. The summed E-state index contributed by atoms with van der Waals surface area (Å²) in [7, 11) is 0. The highest BCUT2D eigenvalue weighted by atomic mass is 16.5. The molecule has 0 saturated carbocycles. The molecule has 3 aromatic carbocycles. The Morgan fingerprint density at radius 1 is 1.04 bits per heavy atom. The standard InChI is InChI=1S/C20H15NO3/c1-12(22)21(24)16-8-9-17-14(11-16)6-7-15-10-13-4-2-3-5-18(13)20(23)19(15)17/h2-9,11,24H,10H2,1H3. The van der Waals surface area contributed by atoms with Crippen LogP contribution in [0.3, 0.4) is 0 Å². The first kappa shape index (κ1) is 14.6. The number of carbonyl (C=O) groups is 2. The van der Waals surface area contributed by atoms with Crippen LogP contribution in [-0.4, -0.2) is 16.9 Å². The molecule has 0 fully saturated rings. The third kappa shape index (κ3) is 2.12. The summed E-state index contributed by atoms with van der Waals surface area (Å²) in [6, 6.07) is 16.7. The summed E-state index contributed by atoms with van der Waals surface area (Å²) in [5.74, 6) is -0.435. The molecular weight excluding hydrogens is 302 g/mol. The maximum Gasteiger partial charge on any atom is 0.247 e. The molecule has 4 heteroatoms. The summed E-state index contributed by atoms with van der Waals surface area (Å²) in [5.41, 5.74) is 3.90. The quantitative estimate of drug-likeness (QED) is 0.430. The zero-order valence-electron chi connectivity index (χ0n) is 13.1. The Labute approximate surface area is 138 Å². The van der Waals surface area contributed by atoms with Crippen LogP contribution in [0, 0.1) is 0 Å². The number of ketones is 1. The second-order valence-corrected chi connectivity index (χ2v) is 6.00. The van der Waals surface area contributed by atoms with Gasteiger partial charge in [0.15, 0.2) is 5.78 Å². The number of carbonyl (C=O) groups excluding carboxylic acids is 2. The molecule has 1 aliphatic rings. The van der Waals surface area contributed by atoms with Gasteiger partial charge in [0, 0.05) is 18.1 Å². The second-order valence-electron chi connectivity index (χ2n) is 6.00. The largest absolute Gasteiger partial charge is 0.289 e. The minimum atomic E-state index is -0.461. The molecule has 24 heavy (non-hydrogen) atoms. The molecule has 3 aromatic rings. The van der Waals surface area contributed by atoms with E-state index in [1.54, 1.807) is 18.2 Å². The van der Waals surface area contributed by atoms with Crippen LogP contribution in [0.5, 0.6) is 0 Å².